The number of halogens is 1. The number of rotatable bonds is 6. The first kappa shape index (κ1) is 21.2. The number of piperidine rings is 1. The summed E-state index contributed by atoms with van der Waals surface area (Å²) in [5.41, 5.74) is 0.860. The van der Waals surface area contributed by atoms with E-state index >= 15 is 0 Å². The molecule has 1 aromatic carbocycles. The Bertz CT molecular complexity index is 930. The van der Waals surface area contributed by atoms with Gasteiger partial charge >= 0.3 is 0 Å². The minimum atomic E-state index is -0.250. The molecule has 0 aliphatic carbocycles. The zero-order valence-corrected chi connectivity index (χ0v) is 18.2. The van der Waals surface area contributed by atoms with Crippen molar-refractivity contribution < 1.29 is 4.39 Å². The number of aromatic nitrogens is 3. The molecule has 0 radical (unpaired) electrons. The van der Waals surface area contributed by atoms with Gasteiger partial charge in [-0.2, -0.15) is 5.10 Å². The number of hydrogen-bond donors (Lipinski definition) is 0. The Kier molecular flexibility index (Phi) is 6.95. The van der Waals surface area contributed by atoms with E-state index in [-0.39, 0.29) is 5.82 Å². The molecule has 4 rings (SSSR count). The van der Waals surface area contributed by atoms with E-state index in [0.717, 1.165) is 57.3 Å². The Morgan fingerprint density at radius 1 is 0.933 bits per heavy atom. The molecule has 2 aromatic rings. The summed E-state index contributed by atoms with van der Waals surface area (Å²) in [4.78, 5) is 7.08. The lowest BCUT2D eigenvalue weighted by Crippen LogP contribution is -2.46. The zero-order chi connectivity index (χ0) is 20.9. The highest BCUT2D eigenvalue weighted by Crippen LogP contribution is 2.18. The second kappa shape index (κ2) is 9.84. The topological polar surface area (TPSA) is 32.5 Å². The Morgan fingerprint density at radius 2 is 1.60 bits per heavy atom. The molecule has 0 spiro atoms. The average molecular weight is 429 g/mol. The van der Waals surface area contributed by atoms with Gasteiger partial charge in [-0.1, -0.05) is 12.3 Å². The molecule has 0 saturated carbocycles. The standard InChI is InChI=1S/C22H29FN6S/c1-2-10-25-13-15-27(16-14-25)18-28-22(30)29(20-8-6-19(23)7-9-20)21(24-28)17-26-11-4-3-5-12-26/h1,6-9H,3-5,10-18H2. The van der Waals surface area contributed by atoms with Gasteiger partial charge in [0.25, 0.3) is 0 Å². The average Bonchev–Trinajstić information content (AvgIpc) is 3.06. The van der Waals surface area contributed by atoms with Gasteiger partial charge in [0, 0.05) is 31.9 Å². The third-order valence-electron chi connectivity index (χ3n) is 5.92. The molecule has 2 aliphatic rings. The van der Waals surface area contributed by atoms with E-state index in [4.69, 9.17) is 23.7 Å². The molecule has 160 valence electrons. The molecule has 1 aromatic heterocycles. The highest BCUT2D eigenvalue weighted by atomic mass is 32.1. The molecule has 0 amide bonds. The molecular formula is C22H29FN6S. The predicted molar refractivity (Wildman–Crippen MR) is 118 cm³/mol. The van der Waals surface area contributed by atoms with E-state index in [2.05, 4.69) is 20.6 Å². The third kappa shape index (κ3) is 4.98. The lowest BCUT2D eigenvalue weighted by Gasteiger charge is -2.33. The van der Waals surface area contributed by atoms with Gasteiger partial charge < -0.3 is 0 Å². The van der Waals surface area contributed by atoms with Crippen molar-refractivity contribution in [2.24, 2.45) is 0 Å². The maximum Gasteiger partial charge on any atom is 0.203 e. The fourth-order valence-electron chi connectivity index (χ4n) is 4.22. The van der Waals surface area contributed by atoms with E-state index in [9.17, 15) is 4.39 Å². The van der Waals surface area contributed by atoms with E-state index in [0.29, 0.717) is 18.0 Å². The molecule has 8 heteroatoms. The number of benzene rings is 1. The molecule has 2 aliphatic heterocycles. The zero-order valence-electron chi connectivity index (χ0n) is 17.3. The molecule has 0 atom stereocenters. The molecular weight excluding hydrogens is 399 g/mol. The van der Waals surface area contributed by atoms with Crippen LogP contribution >= 0.6 is 12.2 Å². The number of terminal acetylenes is 1. The van der Waals surface area contributed by atoms with Crippen LogP contribution in [-0.2, 0) is 13.2 Å². The van der Waals surface area contributed by atoms with Crippen molar-refractivity contribution in [2.75, 3.05) is 45.8 Å². The normalized spacial score (nSPS) is 19.1. The fraction of sp³-hybridized carbons (Fsp3) is 0.545. The molecule has 30 heavy (non-hydrogen) atoms. The van der Waals surface area contributed by atoms with Crippen LogP contribution in [0.1, 0.15) is 25.1 Å². The van der Waals surface area contributed by atoms with Gasteiger partial charge in [-0.3, -0.25) is 19.3 Å². The first-order chi connectivity index (χ1) is 14.6. The predicted octanol–water partition coefficient (Wildman–Crippen LogP) is 2.74. The van der Waals surface area contributed by atoms with E-state index in [1.807, 2.05) is 9.25 Å². The number of likely N-dealkylation sites (tertiary alicyclic amines) is 1. The van der Waals surface area contributed by atoms with Crippen LogP contribution in [0.5, 0.6) is 0 Å². The first-order valence-corrected chi connectivity index (χ1v) is 11.1. The lowest BCUT2D eigenvalue weighted by molar-refractivity contribution is 0.111. The summed E-state index contributed by atoms with van der Waals surface area (Å²) >= 11 is 5.82. The van der Waals surface area contributed by atoms with Crippen molar-refractivity contribution in [3.05, 3.63) is 40.7 Å². The minimum absolute atomic E-state index is 0.250. The molecule has 3 heterocycles. The second-order valence-electron chi connectivity index (χ2n) is 8.09. The summed E-state index contributed by atoms with van der Waals surface area (Å²) in [5.74, 6) is 3.39. The van der Waals surface area contributed by atoms with Crippen LogP contribution in [0, 0.1) is 22.9 Å². The summed E-state index contributed by atoms with van der Waals surface area (Å²) in [5, 5.41) is 4.90. The quantitative estimate of drug-likeness (QED) is 0.522. The molecule has 0 bridgehead atoms. The first-order valence-electron chi connectivity index (χ1n) is 10.7. The monoisotopic (exact) mass is 428 g/mol. The van der Waals surface area contributed by atoms with Crippen molar-refractivity contribution in [3.63, 3.8) is 0 Å². The highest BCUT2D eigenvalue weighted by molar-refractivity contribution is 7.71. The van der Waals surface area contributed by atoms with Crippen molar-refractivity contribution in [3.8, 4) is 18.0 Å². The van der Waals surface area contributed by atoms with Gasteiger partial charge in [-0.25, -0.2) is 9.07 Å². The number of nitrogens with zero attached hydrogens (tertiary/aromatic N) is 6. The SMILES string of the molecule is C#CCN1CCN(Cn2nc(CN3CCCCC3)n(-c3ccc(F)cc3)c2=S)CC1. The summed E-state index contributed by atoms with van der Waals surface area (Å²) < 4.78 is 18.1. The van der Waals surface area contributed by atoms with Gasteiger partial charge in [0.15, 0.2) is 5.82 Å². The minimum Gasteiger partial charge on any atom is -0.296 e. The Balaban J connectivity index is 1.56. The highest BCUT2D eigenvalue weighted by Gasteiger charge is 2.21. The van der Waals surface area contributed by atoms with Gasteiger partial charge in [0.2, 0.25) is 4.77 Å². The lowest BCUT2D eigenvalue weighted by atomic mass is 10.1. The fourth-order valence-corrected chi connectivity index (χ4v) is 4.53. The van der Waals surface area contributed by atoms with Crippen LogP contribution < -0.4 is 0 Å². The Labute approximate surface area is 182 Å². The van der Waals surface area contributed by atoms with Crippen molar-refractivity contribution in [1.29, 1.82) is 0 Å². The van der Waals surface area contributed by atoms with Gasteiger partial charge in [-0.15, -0.1) is 6.42 Å². The van der Waals surface area contributed by atoms with Gasteiger partial charge in [0.1, 0.15) is 5.82 Å². The van der Waals surface area contributed by atoms with Crippen molar-refractivity contribution in [1.82, 2.24) is 29.0 Å². The van der Waals surface area contributed by atoms with Crippen LogP contribution in [0.15, 0.2) is 24.3 Å². The molecule has 6 nitrogen and oxygen atoms in total. The smallest absolute Gasteiger partial charge is 0.203 e. The van der Waals surface area contributed by atoms with Crippen LogP contribution in [0.3, 0.4) is 0 Å². The van der Waals surface area contributed by atoms with Crippen LogP contribution in [0.25, 0.3) is 5.69 Å². The maximum atomic E-state index is 13.5. The van der Waals surface area contributed by atoms with Gasteiger partial charge in [-0.05, 0) is 62.4 Å². The largest absolute Gasteiger partial charge is 0.296 e. The van der Waals surface area contributed by atoms with E-state index in [1.165, 1.54) is 31.4 Å². The maximum absolute atomic E-state index is 13.5. The molecule has 0 unspecified atom stereocenters. The third-order valence-corrected chi connectivity index (χ3v) is 6.31. The van der Waals surface area contributed by atoms with E-state index < -0.39 is 0 Å². The summed E-state index contributed by atoms with van der Waals surface area (Å²) in [6.07, 6.45) is 9.17. The molecule has 2 saturated heterocycles. The van der Waals surface area contributed by atoms with Crippen molar-refractivity contribution in [2.45, 2.75) is 32.5 Å². The Hall–Kier alpha value is -2.05. The van der Waals surface area contributed by atoms with Crippen molar-refractivity contribution >= 4 is 12.2 Å². The number of piperazine rings is 1. The van der Waals surface area contributed by atoms with Gasteiger partial charge in [0.05, 0.1) is 19.8 Å². The molecule has 2 fully saturated rings. The number of hydrogen-bond acceptors (Lipinski definition) is 5. The van der Waals surface area contributed by atoms with Crippen LogP contribution in [0.4, 0.5) is 4.39 Å². The summed E-state index contributed by atoms with van der Waals surface area (Å²) in [6, 6.07) is 6.50. The van der Waals surface area contributed by atoms with Crippen LogP contribution in [0.2, 0.25) is 0 Å². The van der Waals surface area contributed by atoms with Crippen LogP contribution in [-0.4, -0.2) is 74.9 Å². The van der Waals surface area contributed by atoms with E-state index in [1.54, 1.807) is 12.1 Å². The summed E-state index contributed by atoms with van der Waals surface area (Å²) in [7, 11) is 0. The summed E-state index contributed by atoms with van der Waals surface area (Å²) in [6.45, 7) is 8.07. The second-order valence-corrected chi connectivity index (χ2v) is 8.45. The molecule has 0 N–H and O–H groups in total. The Morgan fingerprint density at radius 3 is 2.27 bits per heavy atom.